The molecular weight excluding hydrogens is 930 g/mol. The summed E-state index contributed by atoms with van der Waals surface area (Å²) in [5, 5.41) is 24.8. The Morgan fingerprint density at radius 3 is 1.13 bits per heavy atom. The minimum atomic E-state index is -1.21. The number of methoxy groups -OCH3 is 12. The fraction of sp³-hybridized carbons (Fsp3) is 1.00. The SMILES string of the molecule is COCC1O[C@@H](O[C@H]2C(OC)C(OC)[C@@H](O[C@H]3C(OC)C(OC)[C@H](O[C@H]4C5CO[C@H](O5)C(N=[N+]=[N-])[C@@H]4OC)O[C@H]3COC)O[C@H]2COC)[C@@H](OC)C(OC)[C@@H]1O[C@@H]1OC(CO)[C@@H](O)C(OC)[C@@H]1OC. The predicted molar refractivity (Wildman–Crippen MR) is 228 cm³/mol. The molecule has 6 saturated heterocycles. The number of hydrogen-bond acceptors (Lipinski definition) is 25. The summed E-state index contributed by atoms with van der Waals surface area (Å²) >= 11 is 0. The van der Waals surface area contributed by atoms with Crippen molar-refractivity contribution in [2.24, 2.45) is 5.11 Å². The molecule has 6 rings (SSSR count). The van der Waals surface area contributed by atoms with E-state index >= 15 is 0 Å². The molecule has 10 unspecified atom stereocenters. The van der Waals surface area contributed by atoms with Crippen molar-refractivity contribution in [2.75, 3.05) is 118 Å². The fourth-order valence-electron chi connectivity index (χ4n) is 10.2. The van der Waals surface area contributed by atoms with Crippen molar-refractivity contribution in [3.05, 3.63) is 10.4 Å². The normalized spacial score (nSPS) is 45.9. The van der Waals surface area contributed by atoms with Gasteiger partial charge in [-0.1, -0.05) is 5.11 Å². The Balaban J connectivity index is 1.23. The molecule has 0 amide bonds. The number of aliphatic hydroxyl groups excluding tert-OH is 2. The van der Waals surface area contributed by atoms with E-state index in [1.807, 2.05) is 0 Å². The molecule has 6 heterocycles. The van der Waals surface area contributed by atoms with Gasteiger partial charge in [0.2, 0.25) is 0 Å². The predicted octanol–water partition coefficient (Wildman–Crippen LogP) is -1.71. The first-order valence-corrected chi connectivity index (χ1v) is 22.6. The molecule has 6 aliphatic rings. The van der Waals surface area contributed by atoms with Crippen molar-refractivity contribution < 1.29 is 114 Å². The smallest absolute Gasteiger partial charge is 0.187 e. The molecule has 69 heavy (non-hydrogen) atoms. The molecule has 6 fully saturated rings. The van der Waals surface area contributed by atoms with E-state index in [-0.39, 0.29) is 26.4 Å². The van der Waals surface area contributed by atoms with Crippen LogP contribution in [0.5, 0.6) is 0 Å². The van der Waals surface area contributed by atoms with Gasteiger partial charge in [-0.15, -0.1) is 0 Å². The minimum absolute atomic E-state index is 0.00775. The Morgan fingerprint density at radius 2 is 0.797 bits per heavy atom. The third-order valence-electron chi connectivity index (χ3n) is 13.4. The van der Waals surface area contributed by atoms with Crippen molar-refractivity contribution in [2.45, 2.75) is 153 Å². The maximum absolute atomic E-state index is 10.8. The summed E-state index contributed by atoms with van der Waals surface area (Å²) in [6, 6.07) is -0.842. The van der Waals surface area contributed by atoms with Gasteiger partial charge in [-0.25, -0.2) is 0 Å². The first-order chi connectivity index (χ1) is 33.5. The topological polar surface area (TPSA) is 292 Å². The highest BCUT2D eigenvalue weighted by Crippen LogP contribution is 2.40. The van der Waals surface area contributed by atoms with Gasteiger partial charge in [-0.2, -0.15) is 0 Å². The van der Waals surface area contributed by atoms with Crippen molar-refractivity contribution in [1.82, 2.24) is 0 Å². The van der Waals surface area contributed by atoms with Crippen LogP contribution in [0.2, 0.25) is 0 Å². The number of azide groups is 1. The van der Waals surface area contributed by atoms with Crippen molar-refractivity contribution in [1.29, 1.82) is 0 Å². The number of fused-ring (bicyclic) bond motifs is 2. The van der Waals surface area contributed by atoms with Crippen LogP contribution in [0.3, 0.4) is 0 Å². The maximum atomic E-state index is 10.8. The van der Waals surface area contributed by atoms with Crippen LogP contribution in [-0.4, -0.2) is 282 Å². The Kier molecular flexibility index (Phi) is 22.2. The zero-order chi connectivity index (χ0) is 49.9. The van der Waals surface area contributed by atoms with Crippen molar-refractivity contribution in [3.63, 3.8) is 0 Å². The molecule has 0 saturated carbocycles. The highest BCUT2D eigenvalue weighted by atomic mass is 16.8. The number of nitrogens with zero attached hydrogens (tertiary/aromatic N) is 3. The highest BCUT2D eigenvalue weighted by Gasteiger charge is 2.59. The summed E-state index contributed by atoms with van der Waals surface area (Å²) in [4.78, 5) is 2.97. The lowest BCUT2D eigenvalue weighted by Gasteiger charge is -2.52. The van der Waals surface area contributed by atoms with Gasteiger partial charge in [0.05, 0.1) is 39.1 Å². The van der Waals surface area contributed by atoms with E-state index in [0.717, 1.165) is 0 Å². The lowest BCUT2D eigenvalue weighted by atomic mass is 9.94. The average molecular weight is 1000 g/mol. The van der Waals surface area contributed by atoms with Gasteiger partial charge in [0.25, 0.3) is 0 Å². The summed E-state index contributed by atoms with van der Waals surface area (Å²) in [5.74, 6) is 0. The third kappa shape index (κ3) is 12.0. The first-order valence-electron chi connectivity index (χ1n) is 22.6. The number of ether oxygens (including phenoxy) is 22. The molecule has 2 bridgehead atoms. The lowest BCUT2D eigenvalue weighted by molar-refractivity contribution is -0.396. The quantitative estimate of drug-likeness (QED) is 0.0585. The molecule has 0 radical (unpaired) electrons. The largest absolute Gasteiger partial charge is 0.394 e. The second-order valence-electron chi connectivity index (χ2n) is 17.0. The molecule has 0 spiro atoms. The molecule has 0 aromatic rings. The zero-order valence-electron chi connectivity index (χ0n) is 41.2. The monoisotopic (exact) mass is 1000 g/mol. The summed E-state index contributed by atoms with van der Waals surface area (Å²) in [6.07, 6.45) is -22.6. The van der Waals surface area contributed by atoms with Gasteiger partial charge in [0, 0.05) is 90.2 Å². The maximum Gasteiger partial charge on any atom is 0.187 e. The summed E-state index contributed by atoms with van der Waals surface area (Å²) < 4.78 is 135. The molecule has 25 atom stereocenters. The van der Waals surface area contributed by atoms with Crippen LogP contribution >= 0.6 is 0 Å². The van der Waals surface area contributed by atoms with E-state index in [4.69, 9.17) is 104 Å². The fourth-order valence-corrected chi connectivity index (χ4v) is 10.2. The van der Waals surface area contributed by atoms with Crippen LogP contribution in [0.25, 0.3) is 10.4 Å². The van der Waals surface area contributed by atoms with Gasteiger partial charge in [0.1, 0.15) is 116 Å². The Labute approximate surface area is 401 Å². The highest BCUT2D eigenvalue weighted by molar-refractivity contribution is 5.03. The van der Waals surface area contributed by atoms with Gasteiger partial charge in [-0.05, 0) is 5.53 Å². The van der Waals surface area contributed by atoms with Gasteiger partial charge < -0.3 is 114 Å². The molecular formula is C42H73N3O24. The van der Waals surface area contributed by atoms with E-state index in [1.54, 1.807) is 0 Å². The minimum Gasteiger partial charge on any atom is -0.394 e. The Morgan fingerprint density at radius 1 is 0.449 bits per heavy atom. The van der Waals surface area contributed by atoms with Gasteiger partial charge in [0.15, 0.2) is 31.5 Å². The van der Waals surface area contributed by atoms with E-state index in [9.17, 15) is 15.7 Å². The van der Waals surface area contributed by atoms with Crippen LogP contribution in [0.4, 0.5) is 0 Å². The zero-order valence-corrected chi connectivity index (χ0v) is 41.2. The summed E-state index contributed by atoms with van der Waals surface area (Å²) in [6.45, 7) is -0.361. The summed E-state index contributed by atoms with van der Waals surface area (Å²) in [7, 11) is 17.7. The lowest BCUT2D eigenvalue weighted by Crippen LogP contribution is -2.69. The second-order valence-corrected chi connectivity index (χ2v) is 17.0. The van der Waals surface area contributed by atoms with Gasteiger partial charge in [-0.3, -0.25) is 0 Å². The van der Waals surface area contributed by atoms with Crippen molar-refractivity contribution >= 4 is 0 Å². The van der Waals surface area contributed by atoms with Gasteiger partial charge >= 0.3 is 0 Å². The van der Waals surface area contributed by atoms with E-state index in [0.29, 0.717) is 0 Å². The summed E-state index contributed by atoms with van der Waals surface area (Å²) in [5.41, 5.74) is 9.32. The van der Waals surface area contributed by atoms with Crippen LogP contribution < -0.4 is 0 Å². The van der Waals surface area contributed by atoms with E-state index < -0.39 is 160 Å². The third-order valence-corrected chi connectivity index (χ3v) is 13.4. The number of aliphatic hydroxyl groups is 2. The van der Waals surface area contributed by atoms with Crippen LogP contribution in [0.1, 0.15) is 0 Å². The van der Waals surface area contributed by atoms with E-state index in [2.05, 4.69) is 10.0 Å². The molecule has 2 N–H and O–H groups in total. The van der Waals surface area contributed by atoms with Crippen LogP contribution in [0, 0.1) is 0 Å². The molecule has 0 aromatic heterocycles. The number of hydrogen-bond donors (Lipinski definition) is 2. The average Bonchev–Trinajstić information content (AvgIpc) is 3.80. The molecule has 400 valence electrons. The first kappa shape index (κ1) is 56.6. The standard InChI is InChI=1S/C42H73N3O24/c1-48-14-19-26(67-39-34(56-9)30(52-5)24(47)18(13-46)61-39)31(53-6)36(58-11)41(64-19)69-28-21(16-50-3)65-42(37(59-12)33(28)55-8)68-27-20(15-49-2)63-40(35(57-10)32(27)54-7)66-25-22-17-60-38(62-22)23(44-45-43)29(25)51-4/h18-42,46-47H,13-17H2,1-12H3/t18?,19?,20-,21-,22?,23?,24+,25-,26+,27+,28+,29-,30?,31?,32?,33?,34-,35?,36-,37?,38+,39-,40-,41-,42+/m0/s1. The molecule has 0 aromatic carbocycles. The molecule has 27 heteroatoms. The molecule has 0 aliphatic carbocycles. The second kappa shape index (κ2) is 27.0. The van der Waals surface area contributed by atoms with Crippen LogP contribution in [-0.2, 0) is 104 Å². The molecule has 27 nitrogen and oxygen atoms in total. The number of rotatable bonds is 25. The van der Waals surface area contributed by atoms with Crippen LogP contribution in [0.15, 0.2) is 5.11 Å². The van der Waals surface area contributed by atoms with E-state index in [1.165, 1.54) is 85.3 Å². The Bertz CT molecular complexity index is 1560. The van der Waals surface area contributed by atoms with Crippen molar-refractivity contribution in [3.8, 4) is 0 Å². The molecule has 6 aliphatic heterocycles. The Hall–Kier alpha value is -1.65.